The fourth-order valence-corrected chi connectivity index (χ4v) is 2.68. The van der Waals surface area contributed by atoms with E-state index in [1.807, 2.05) is 60.5 Å². The van der Waals surface area contributed by atoms with E-state index in [0.717, 1.165) is 29.6 Å². The highest BCUT2D eigenvalue weighted by Crippen LogP contribution is 2.16. The van der Waals surface area contributed by atoms with Crippen LogP contribution in [0.25, 0.3) is 11.0 Å². The van der Waals surface area contributed by atoms with E-state index in [9.17, 15) is 4.79 Å². The molecule has 5 heteroatoms. The van der Waals surface area contributed by atoms with Gasteiger partial charge in [0.2, 0.25) is 0 Å². The minimum absolute atomic E-state index is 0.0308. The second kappa shape index (κ2) is 6.60. The summed E-state index contributed by atoms with van der Waals surface area (Å²) in [6.45, 7) is 3.43. The first-order valence-corrected chi connectivity index (χ1v) is 7.81. The second-order valence-corrected chi connectivity index (χ2v) is 5.63. The van der Waals surface area contributed by atoms with E-state index in [1.165, 1.54) is 0 Å². The predicted octanol–water partition coefficient (Wildman–Crippen LogP) is 3.02. The van der Waals surface area contributed by atoms with E-state index in [2.05, 4.69) is 17.2 Å². The van der Waals surface area contributed by atoms with Crippen molar-refractivity contribution in [3.8, 4) is 0 Å². The third-order valence-electron chi connectivity index (χ3n) is 3.85. The van der Waals surface area contributed by atoms with Crippen LogP contribution >= 0.6 is 0 Å². The molecule has 3 aromatic rings. The Morgan fingerprint density at radius 3 is 2.70 bits per heavy atom. The van der Waals surface area contributed by atoms with Gasteiger partial charge in [0.15, 0.2) is 0 Å². The summed E-state index contributed by atoms with van der Waals surface area (Å²) in [6.07, 6.45) is 0.923. The van der Waals surface area contributed by atoms with Crippen molar-refractivity contribution in [2.45, 2.75) is 19.9 Å². The van der Waals surface area contributed by atoms with Gasteiger partial charge in [0.25, 0.3) is 5.91 Å². The Morgan fingerprint density at radius 1 is 1.17 bits per heavy atom. The molecule has 2 aromatic carbocycles. The molecule has 23 heavy (non-hydrogen) atoms. The van der Waals surface area contributed by atoms with Gasteiger partial charge in [0.05, 0.1) is 5.52 Å². The van der Waals surface area contributed by atoms with Gasteiger partial charge < -0.3 is 4.90 Å². The average Bonchev–Trinajstić information content (AvgIpc) is 2.95. The van der Waals surface area contributed by atoms with Crippen molar-refractivity contribution in [2.24, 2.45) is 7.05 Å². The smallest absolute Gasteiger partial charge is 0.254 e. The molecule has 0 aliphatic rings. The summed E-state index contributed by atoms with van der Waals surface area (Å²) >= 11 is 0. The number of aromatic nitrogens is 3. The number of hydrogen-bond acceptors (Lipinski definition) is 3. The van der Waals surface area contributed by atoms with Crippen LogP contribution in [0.1, 0.15) is 29.3 Å². The van der Waals surface area contributed by atoms with Crippen molar-refractivity contribution in [3.63, 3.8) is 0 Å². The van der Waals surface area contributed by atoms with Crippen LogP contribution in [0.2, 0.25) is 0 Å². The van der Waals surface area contributed by atoms with Gasteiger partial charge in [-0.25, -0.2) is 4.68 Å². The van der Waals surface area contributed by atoms with Crippen LogP contribution in [0.15, 0.2) is 48.5 Å². The van der Waals surface area contributed by atoms with Gasteiger partial charge in [0.1, 0.15) is 5.52 Å². The van der Waals surface area contributed by atoms with Gasteiger partial charge >= 0.3 is 0 Å². The highest BCUT2D eigenvalue weighted by atomic mass is 16.2. The number of aryl methyl sites for hydroxylation is 1. The third kappa shape index (κ3) is 3.23. The summed E-state index contributed by atoms with van der Waals surface area (Å²) in [5.41, 5.74) is 3.46. The maximum atomic E-state index is 12.9. The number of fused-ring (bicyclic) bond motifs is 1. The first-order chi connectivity index (χ1) is 11.2. The molecule has 0 aliphatic heterocycles. The highest BCUT2D eigenvalue weighted by Gasteiger charge is 2.16. The monoisotopic (exact) mass is 308 g/mol. The third-order valence-corrected chi connectivity index (χ3v) is 3.85. The zero-order valence-electron chi connectivity index (χ0n) is 13.4. The van der Waals surface area contributed by atoms with Gasteiger partial charge in [-0.1, -0.05) is 42.5 Å². The van der Waals surface area contributed by atoms with Crippen molar-refractivity contribution in [1.82, 2.24) is 19.9 Å². The highest BCUT2D eigenvalue weighted by molar-refractivity contribution is 5.97. The van der Waals surface area contributed by atoms with Crippen molar-refractivity contribution < 1.29 is 4.79 Å². The molecule has 0 aliphatic carbocycles. The van der Waals surface area contributed by atoms with Gasteiger partial charge in [-0.2, -0.15) is 0 Å². The zero-order chi connectivity index (χ0) is 16.2. The van der Waals surface area contributed by atoms with Crippen LogP contribution in [-0.2, 0) is 13.6 Å². The molecule has 5 nitrogen and oxygen atoms in total. The number of hydrogen-bond donors (Lipinski definition) is 0. The van der Waals surface area contributed by atoms with Gasteiger partial charge in [-0.15, -0.1) is 5.10 Å². The van der Waals surface area contributed by atoms with Crippen molar-refractivity contribution in [2.75, 3.05) is 6.54 Å². The minimum atomic E-state index is 0.0308. The Bertz CT molecular complexity index is 810. The van der Waals surface area contributed by atoms with E-state index in [0.29, 0.717) is 12.1 Å². The lowest BCUT2D eigenvalue weighted by atomic mass is 10.1. The molecule has 3 rings (SSSR count). The van der Waals surface area contributed by atoms with Gasteiger partial charge in [-0.05, 0) is 30.2 Å². The Kier molecular flexibility index (Phi) is 4.37. The van der Waals surface area contributed by atoms with Crippen LogP contribution in [0, 0.1) is 0 Å². The van der Waals surface area contributed by atoms with Crippen molar-refractivity contribution in [3.05, 3.63) is 59.7 Å². The Morgan fingerprint density at radius 2 is 1.96 bits per heavy atom. The predicted molar refractivity (Wildman–Crippen MR) is 90.0 cm³/mol. The number of rotatable bonds is 5. The van der Waals surface area contributed by atoms with E-state index >= 15 is 0 Å². The molecular formula is C18H20N4O. The van der Waals surface area contributed by atoms with E-state index < -0.39 is 0 Å². The van der Waals surface area contributed by atoms with Crippen LogP contribution in [0.5, 0.6) is 0 Å². The van der Waals surface area contributed by atoms with Crippen LogP contribution in [-0.4, -0.2) is 32.3 Å². The molecule has 0 atom stereocenters. The quantitative estimate of drug-likeness (QED) is 0.728. The lowest BCUT2D eigenvalue weighted by molar-refractivity contribution is 0.0743. The molecule has 0 radical (unpaired) electrons. The minimum Gasteiger partial charge on any atom is -0.334 e. The van der Waals surface area contributed by atoms with E-state index in [1.54, 1.807) is 4.68 Å². The molecule has 0 unspecified atom stereocenters. The number of carbonyl (C=O) groups excluding carboxylic acids is 1. The molecule has 0 fully saturated rings. The molecule has 0 saturated carbocycles. The van der Waals surface area contributed by atoms with Crippen LogP contribution in [0.4, 0.5) is 0 Å². The lowest BCUT2D eigenvalue weighted by Crippen LogP contribution is -2.31. The first kappa shape index (κ1) is 15.2. The fourth-order valence-electron chi connectivity index (χ4n) is 2.68. The summed E-state index contributed by atoms with van der Waals surface area (Å²) < 4.78 is 1.71. The molecule has 0 N–H and O–H groups in total. The van der Waals surface area contributed by atoms with Gasteiger partial charge in [-0.3, -0.25) is 4.79 Å². The van der Waals surface area contributed by atoms with E-state index in [4.69, 9.17) is 0 Å². The largest absolute Gasteiger partial charge is 0.334 e. The second-order valence-electron chi connectivity index (χ2n) is 5.63. The molecule has 0 spiro atoms. The topological polar surface area (TPSA) is 51.0 Å². The summed E-state index contributed by atoms with van der Waals surface area (Å²) in [5, 5.41) is 8.08. The summed E-state index contributed by atoms with van der Waals surface area (Å²) in [5.74, 6) is 0.0308. The maximum absolute atomic E-state index is 12.9. The zero-order valence-corrected chi connectivity index (χ0v) is 13.4. The number of amides is 1. The maximum Gasteiger partial charge on any atom is 0.254 e. The number of benzene rings is 2. The molecule has 118 valence electrons. The molecule has 1 amide bonds. The van der Waals surface area contributed by atoms with Crippen molar-refractivity contribution in [1.29, 1.82) is 0 Å². The Hall–Kier alpha value is -2.69. The van der Waals surface area contributed by atoms with Crippen molar-refractivity contribution >= 4 is 16.9 Å². The number of carbonyl (C=O) groups is 1. The lowest BCUT2D eigenvalue weighted by Gasteiger charge is -2.22. The van der Waals surface area contributed by atoms with Gasteiger partial charge in [0, 0.05) is 25.7 Å². The standard InChI is InChI=1S/C18H20N4O/c1-3-11-22(13-14-7-5-4-6-8-14)18(23)15-9-10-17-16(12-15)19-20-21(17)2/h4-10,12H,3,11,13H2,1-2H3. The molecule has 1 aromatic heterocycles. The molecule has 1 heterocycles. The average molecular weight is 308 g/mol. The number of nitrogens with zero attached hydrogens (tertiary/aromatic N) is 4. The Balaban J connectivity index is 1.86. The summed E-state index contributed by atoms with van der Waals surface area (Å²) in [6, 6.07) is 15.6. The fraction of sp³-hybridized carbons (Fsp3) is 0.278. The summed E-state index contributed by atoms with van der Waals surface area (Å²) in [7, 11) is 1.84. The van der Waals surface area contributed by atoms with Crippen LogP contribution in [0.3, 0.4) is 0 Å². The SMILES string of the molecule is CCCN(Cc1ccccc1)C(=O)c1ccc2c(c1)nnn2C. The molecule has 0 bridgehead atoms. The normalized spacial score (nSPS) is 10.9. The summed E-state index contributed by atoms with van der Waals surface area (Å²) in [4.78, 5) is 14.7. The van der Waals surface area contributed by atoms with Crippen LogP contribution < -0.4 is 0 Å². The molecule has 0 saturated heterocycles. The Labute approximate surface area is 135 Å². The first-order valence-electron chi connectivity index (χ1n) is 7.81. The van der Waals surface area contributed by atoms with E-state index in [-0.39, 0.29) is 5.91 Å². The molecular weight excluding hydrogens is 288 g/mol.